The molecule has 0 saturated heterocycles. The fraction of sp³-hybridized carbons (Fsp3) is 0.988. The second kappa shape index (κ2) is 74.7. The molecule has 0 radical (unpaired) electrons. The van der Waals surface area contributed by atoms with Crippen molar-refractivity contribution >= 4 is 13.7 Å². The molecule has 0 heterocycles. The zero-order chi connectivity index (χ0) is 66.9. The molecule has 0 bridgehead atoms. The summed E-state index contributed by atoms with van der Waals surface area (Å²) in [4.78, 5) is 23.6. The van der Waals surface area contributed by atoms with Crippen LogP contribution in [0.15, 0.2) is 0 Å². The first-order valence-corrected chi connectivity index (χ1v) is 43.9. The number of phosphoric ester groups is 1. The van der Waals surface area contributed by atoms with Gasteiger partial charge in [0.25, 0.3) is 0 Å². The van der Waals surface area contributed by atoms with E-state index >= 15 is 0 Å². The second-order valence-electron chi connectivity index (χ2n) is 30.9. The Labute approximate surface area is 578 Å². The predicted molar refractivity (Wildman–Crippen MR) is 406 cm³/mol. The van der Waals surface area contributed by atoms with Gasteiger partial charge in [-0.3, -0.25) is 13.8 Å². The SMILES string of the molecule is CCCCCCCCCCCCCCCCCCCCCCCCCCCCCCCCCCCCCCCCCCC(=O)NC(COP(=O)(O)OCC[N+](C)(C)C)C(O)CCCCCCCCCCCCCCCCCCCCCCCCCCCCCCCC. The van der Waals surface area contributed by atoms with Crippen LogP contribution < -0.4 is 5.32 Å². The van der Waals surface area contributed by atoms with Crippen molar-refractivity contribution < 1.29 is 32.9 Å². The standard InChI is InChI=1S/C83H169N2O6P/c1-6-8-10-12-14-16-18-20-22-24-26-28-30-32-34-36-38-39-40-41-42-43-44-45-46-47-49-51-53-55-57-59-61-63-65-67-69-71-73-75-77-83(87)84-81(80-91-92(88,89)90-79-78-85(3,4)5)82(86)76-74-72-70-68-66-64-62-60-58-56-54-52-50-48-37-35-33-31-29-27-25-23-21-19-17-15-13-11-9-7-2/h81-82,86H,6-80H2,1-5H3,(H-,84,87,88,89)/p+1. The largest absolute Gasteiger partial charge is 0.472 e. The molecule has 0 fully saturated rings. The van der Waals surface area contributed by atoms with Crippen LogP contribution in [0.4, 0.5) is 0 Å². The van der Waals surface area contributed by atoms with Crippen molar-refractivity contribution in [2.24, 2.45) is 0 Å². The number of quaternary nitrogens is 1. The van der Waals surface area contributed by atoms with Crippen LogP contribution in [0.3, 0.4) is 0 Å². The van der Waals surface area contributed by atoms with Crippen molar-refractivity contribution in [3.63, 3.8) is 0 Å². The Balaban J connectivity index is 3.84. The lowest BCUT2D eigenvalue weighted by Crippen LogP contribution is -2.46. The van der Waals surface area contributed by atoms with Crippen molar-refractivity contribution in [2.75, 3.05) is 40.9 Å². The Hall–Kier alpha value is -0.500. The molecule has 8 nitrogen and oxygen atoms in total. The van der Waals surface area contributed by atoms with E-state index < -0.39 is 20.0 Å². The summed E-state index contributed by atoms with van der Waals surface area (Å²) in [7, 11) is 1.65. The number of aliphatic hydroxyl groups is 1. The molecule has 0 saturated carbocycles. The topological polar surface area (TPSA) is 105 Å². The summed E-state index contributed by atoms with van der Waals surface area (Å²) in [6.45, 7) is 4.98. The van der Waals surface area contributed by atoms with E-state index in [1.807, 2.05) is 21.1 Å². The zero-order valence-corrected chi connectivity index (χ0v) is 64.5. The highest BCUT2D eigenvalue weighted by atomic mass is 31.2. The maximum absolute atomic E-state index is 13.1. The Morgan fingerprint density at radius 2 is 0.522 bits per heavy atom. The average Bonchev–Trinajstić information content (AvgIpc) is 3.33. The molecule has 1 amide bonds. The minimum absolute atomic E-state index is 0.0797. The number of unbranched alkanes of at least 4 members (excludes halogenated alkanes) is 68. The lowest BCUT2D eigenvalue weighted by atomic mass is 10.0. The van der Waals surface area contributed by atoms with E-state index in [9.17, 15) is 19.4 Å². The van der Waals surface area contributed by atoms with Crippen molar-refractivity contribution in [1.29, 1.82) is 0 Å². The minimum atomic E-state index is -4.33. The summed E-state index contributed by atoms with van der Waals surface area (Å²) in [6.07, 6.45) is 97.2. The highest BCUT2D eigenvalue weighted by molar-refractivity contribution is 7.47. The highest BCUT2D eigenvalue weighted by Gasteiger charge is 2.28. The quantitative estimate of drug-likeness (QED) is 0.0318. The molecule has 0 spiro atoms. The number of carbonyl (C=O) groups is 1. The average molecular weight is 1320 g/mol. The number of nitrogens with zero attached hydrogens (tertiary/aromatic N) is 1. The summed E-state index contributed by atoms with van der Waals surface area (Å²) in [5, 5.41) is 14.2. The Kier molecular flexibility index (Phi) is 74.3. The summed E-state index contributed by atoms with van der Waals surface area (Å²) >= 11 is 0. The van der Waals surface area contributed by atoms with Crippen molar-refractivity contribution in [2.45, 2.75) is 488 Å². The summed E-state index contributed by atoms with van der Waals surface area (Å²) < 4.78 is 24.0. The van der Waals surface area contributed by atoms with Gasteiger partial charge in [-0.2, -0.15) is 0 Å². The molecule has 0 aromatic heterocycles. The van der Waals surface area contributed by atoms with Gasteiger partial charge in [0.15, 0.2) is 0 Å². The van der Waals surface area contributed by atoms with Crippen LogP contribution in [-0.4, -0.2) is 73.4 Å². The van der Waals surface area contributed by atoms with E-state index in [1.165, 1.54) is 411 Å². The molecule has 0 aliphatic rings. The van der Waals surface area contributed by atoms with Crippen LogP contribution in [0, 0.1) is 0 Å². The molecule has 3 unspecified atom stereocenters. The van der Waals surface area contributed by atoms with Gasteiger partial charge in [0.2, 0.25) is 5.91 Å². The molecule has 92 heavy (non-hydrogen) atoms. The molecule has 3 atom stereocenters. The molecule has 0 aromatic rings. The highest BCUT2D eigenvalue weighted by Crippen LogP contribution is 2.43. The molecular weight excluding hydrogens is 1150 g/mol. The number of aliphatic hydroxyl groups excluding tert-OH is 1. The smallest absolute Gasteiger partial charge is 0.391 e. The molecule has 3 N–H and O–H groups in total. The zero-order valence-electron chi connectivity index (χ0n) is 63.6. The maximum Gasteiger partial charge on any atom is 0.472 e. The first-order valence-electron chi connectivity index (χ1n) is 42.4. The van der Waals surface area contributed by atoms with E-state index in [0.29, 0.717) is 23.9 Å². The van der Waals surface area contributed by atoms with Gasteiger partial charge in [0.05, 0.1) is 39.9 Å². The third-order valence-corrected chi connectivity index (χ3v) is 21.3. The van der Waals surface area contributed by atoms with Crippen LogP contribution in [0.2, 0.25) is 0 Å². The van der Waals surface area contributed by atoms with Gasteiger partial charge in [-0.05, 0) is 12.8 Å². The number of hydrogen-bond donors (Lipinski definition) is 3. The second-order valence-corrected chi connectivity index (χ2v) is 32.4. The van der Waals surface area contributed by atoms with E-state index in [1.54, 1.807) is 0 Å². The van der Waals surface area contributed by atoms with Gasteiger partial charge in [0.1, 0.15) is 13.2 Å². The molecule has 9 heteroatoms. The monoisotopic (exact) mass is 1320 g/mol. The van der Waals surface area contributed by atoms with Crippen molar-refractivity contribution in [1.82, 2.24) is 5.32 Å². The lowest BCUT2D eigenvalue weighted by Gasteiger charge is -2.26. The van der Waals surface area contributed by atoms with E-state index in [4.69, 9.17) is 9.05 Å². The van der Waals surface area contributed by atoms with Gasteiger partial charge in [-0.25, -0.2) is 4.57 Å². The first-order chi connectivity index (χ1) is 45.0. The van der Waals surface area contributed by atoms with E-state index in [2.05, 4.69) is 19.2 Å². The number of carbonyl (C=O) groups excluding carboxylic acids is 1. The summed E-state index contributed by atoms with van der Waals surface area (Å²) in [5.74, 6) is -0.131. The van der Waals surface area contributed by atoms with Crippen LogP contribution in [0.25, 0.3) is 0 Å². The number of amides is 1. The number of nitrogens with one attached hydrogen (secondary N) is 1. The van der Waals surface area contributed by atoms with Gasteiger partial charge in [-0.1, -0.05) is 457 Å². The molecule has 0 aromatic carbocycles. The van der Waals surface area contributed by atoms with Crippen LogP contribution in [0.1, 0.15) is 476 Å². The molecule has 0 rings (SSSR count). The third kappa shape index (κ3) is 76.9. The molecule has 0 aliphatic heterocycles. The Morgan fingerprint density at radius 3 is 0.728 bits per heavy atom. The van der Waals surface area contributed by atoms with Gasteiger partial charge in [-0.15, -0.1) is 0 Å². The van der Waals surface area contributed by atoms with Crippen LogP contribution in [0.5, 0.6) is 0 Å². The fourth-order valence-electron chi connectivity index (χ4n) is 13.8. The van der Waals surface area contributed by atoms with Crippen LogP contribution in [-0.2, 0) is 18.4 Å². The fourth-order valence-corrected chi connectivity index (χ4v) is 14.6. The summed E-state index contributed by atoms with van der Waals surface area (Å²) in [5.41, 5.74) is 0. The summed E-state index contributed by atoms with van der Waals surface area (Å²) in [6, 6.07) is -0.758. The lowest BCUT2D eigenvalue weighted by molar-refractivity contribution is -0.870. The van der Waals surface area contributed by atoms with Gasteiger partial charge < -0.3 is 19.8 Å². The molecular formula is C83H170N2O6P+. The number of rotatable bonds is 81. The molecule has 552 valence electrons. The maximum atomic E-state index is 13.1. The predicted octanol–water partition coefficient (Wildman–Crippen LogP) is 27.8. The minimum Gasteiger partial charge on any atom is -0.391 e. The van der Waals surface area contributed by atoms with E-state index in [0.717, 1.165) is 38.5 Å². The first kappa shape index (κ1) is 91.5. The van der Waals surface area contributed by atoms with Crippen molar-refractivity contribution in [3.8, 4) is 0 Å². The van der Waals surface area contributed by atoms with Gasteiger partial charge >= 0.3 is 7.82 Å². The molecule has 0 aliphatic carbocycles. The van der Waals surface area contributed by atoms with Crippen molar-refractivity contribution in [3.05, 3.63) is 0 Å². The Bertz CT molecular complexity index is 1460. The van der Waals surface area contributed by atoms with E-state index in [-0.39, 0.29) is 19.1 Å². The normalized spacial score (nSPS) is 13.3. The number of likely N-dealkylation sites (N-methyl/N-ethyl adjacent to an activating group) is 1. The third-order valence-electron chi connectivity index (χ3n) is 20.4. The Morgan fingerprint density at radius 1 is 0.326 bits per heavy atom. The number of hydrogen-bond acceptors (Lipinski definition) is 5. The number of phosphoric acid groups is 1. The van der Waals surface area contributed by atoms with Gasteiger partial charge in [0, 0.05) is 6.42 Å². The van der Waals surface area contributed by atoms with Crippen LogP contribution >= 0.6 is 7.82 Å².